The maximum atomic E-state index is 14.0. The molecule has 1 aliphatic heterocycles. The van der Waals surface area contributed by atoms with Crippen molar-refractivity contribution in [2.45, 2.75) is 90.2 Å². The summed E-state index contributed by atoms with van der Waals surface area (Å²) in [5.41, 5.74) is 0.913. The molecule has 7 nitrogen and oxygen atoms in total. The highest BCUT2D eigenvalue weighted by molar-refractivity contribution is 6.07. The number of likely N-dealkylation sites (tertiary alicyclic amines) is 1. The van der Waals surface area contributed by atoms with Gasteiger partial charge in [-0.1, -0.05) is 19.3 Å². The Balaban J connectivity index is 1.59. The highest BCUT2D eigenvalue weighted by atomic mass is 19.4. The third-order valence-corrected chi connectivity index (χ3v) is 8.41. The van der Waals surface area contributed by atoms with Gasteiger partial charge in [-0.05, 0) is 70.7 Å². The predicted molar refractivity (Wildman–Crippen MR) is 142 cm³/mol. The summed E-state index contributed by atoms with van der Waals surface area (Å²) in [7, 11) is 1.74. The minimum atomic E-state index is -4.83. The van der Waals surface area contributed by atoms with Crippen LogP contribution >= 0.6 is 0 Å². The Morgan fingerprint density at radius 3 is 2.46 bits per heavy atom. The van der Waals surface area contributed by atoms with Gasteiger partial charge < -0.3 is 19.5 Å². The van der Waals surface area contributed by atoms with E-state index in [-0.39, 0.29) is 53.6 Å². The number of alkyl halides is 3. The van der Waals surface area contributed by atoms with Gasteiger partial charge in [0.05, 0.1) is 6.04 Å². The van der Waals surface area contributed by atoms with Crippen LogP contribution in [0.1, 0.15) is 75.6 Å². The summed E-state index contributed by atoms with van der Waals surface area (Å²) in [5, 5.41) is 3.37. The quantitative estimate of drug-likeness (QED) is 0.396. The lowest BCUT2D eigenvalue weighted by Gasteiger charge is -2.35. The molecule has 214 valence electrons. The smallest absolute Gasteiger partial charge is 0.406 e. The number of ether oxygens (including phenoxy) is 1. The molecule has 0 bridgehead atoms. The molecule has 0 radical (unpaired) electrons. The second-order valence-electron chi connectivity index (χ2n) is 11.0. The monoisotopic (exact) mass is 549 g/mol. The number of likely N-dealkylation sites (N-methyl/N-ethyl adjacent to an activating group) is 1. The van der Waals surface area contributed by atoms with Crippen LogP contribution in [-0.2, 0) is 16.1 Å². The number of Topliss-reactive ketones (excluding diaryl/α,β-unsaturated/α-hetero) is 2. The number of fused-ring (bicyclic) bond motifs is 1. The molecular formula is C29H38F3N3O4. The summed E-state index contributed by atoms with van der Waals surface area (Å²) in [5.74, 6) is -0.767. The highest BCUT2D eigenvalue weighted by Crippen LogP contribution is 2.36. The van der Waals surface area contributed by atoms with Crippen molar-refractivity contribution in [1.82, 2.24) is 14.8 Å². The van der Waals surface area contributed by atoms with Crippen LogP contribution in [0.15, 0.2) is 24.4 Å². The summed E-state index contributed by atoms with van der Waals surface area (Å²) >= 11 is 0. The predicted octanol–water partition coefficient (Wildman–Crippen LogP) is 5.50. The third-order valence-electron chi connectivity index (χ3n) is 8.41. The molecule has 1 saturated heterocycles. The van der Waals surface area contributed by atoms with Crippen LogP contribution in [0.4, 0.5) is 13.2 Å². The fourth-order valence-electron chi connectivity index (χ4n) is 6.21. The first-order valence-corrected chi connectivity index (χ1v) is 13.9. The Morgan fingerprint density at radius 2 is 1.82 bits per heavy atom. The maximum absolute atomic E-state index is 14.0. The Bertz CT molecular complexity index is 1200. The van der Waals surface area contributed by atoms with E-state index >= 15 is 0 Å². The zero-order chi connectivity index (χ0) is 28.3. The number of aromatic nitrogens is 1. The highest BCUT2D eigenvalue weighted by Gasteiger charge is 2.39. The van der Waals surface area contributed by atoms with E-state index in [1.165, 1.54) is 25.1 Å². The molecule has 1 saturated carbocycles. The molecule has 3 atom stereocenters. The van der Waals surface area contributed by atoms with Crippen LogP contribution in [0.2, 0.25) is 0 Å². The van der Waals surface area contributed by atoms with Gasteiger partial charge in [0.25, 0.3) is 0 Å². The number of hydrogen-bond donors (Lipinski definition) is 1. The largest absolute Gasteiger partial charge is 0.573 e. The summed E-state index contributed by atoms with van der Waals surface area (Å²) < 4.78 is 44.3. The number of halogens is 3. The van der Waals surface area contributed by atoms with Crippen molar-refractivity contribution in [3.8, 4) is 5.75 Å². The Morgan fingerprint density at radius 1 is 1.10 bits per heavy atom. The molecule has 39 heavy (non-hydrogen) atoms. The molecule has 1 aliphatic carbocycles. The Labute approximate surface area is 227 Å². The van der Waals surface area contributed by atoms with Crippen molar-refractivity contribution in [2.75, 3.05) is 13.6 Å². The summed E-state index contributed by atoms with van der Waals surface area (Å²) in [6.45, 7) is 4.20. The van der Waals surface area contributed by atoms with Gasteiger partial charge >= 0.3 is 6.36 Å². The second kappa shape index (κ2) is 12.1. The van der Waals surface area contributed by atoms with Gasteiger partial charge in [0.2, 0.25) is 5.91 Å². The van der Waals surface area contributed by atoms with Crippen LogP contribution in [0.5, 0.6) is 5.75 Å². The molecule has 2 heterocycles. The fraction of sp³-hybridized carbons (Fsp3) is 0.621. The Hall–Kier alpha value is -2.88. The van der Waals surface area contributed by atoms with Gasteiger partial charge in [0.15, 0.2) is 5.78 Å². The first-order valence-electron chi connectivity index (χ1n) is 13.9. The zero-order valence-electron chi connectivity index (χ0n) is 22.9. The van der Waals surface area contributed by atoms with E-state index in [4.69, 9.17) is 0 Å². The molecule has 2 aromatic rings. The van der Waals surface area contributed by atoms with Crippen molar-refractivity contribution in [2.24, 2.45) is 11.8 Å². The molecule has 2 fully saturated rings. The Kier molecular flexibility index (Phi) is 9.03. The topological polar surface area (TPSA) is 80.6 Å². The molecule has 3 unspecified atom stereocenters. The number of rotatable bonds is 10. The average Bonchev–Trinajstić information content (AvgIpc) is 3.50. The molecule has 4 rings (SSSR count). The first kappa shape index (κ1) is 29.1. The molecule has 1 aromatic heterocycles. The van der Waals surface area contributed by atoms with Crippen LogP contribution in [0.25, 0.3) is 10.9 Å². The van der Waals surface area contributed by atoms with Crippen molar-refractivity contribution >= 4 is 28.4 Å². The van der Waals surface area contributed by atoms with E-state index in [0.717, 1.165) is 44.9 Å². The average molecular weight is 550 g/mol. The number of carbonyl (C=O) groups excluding carboxylic acids is 3. The minimum absolute atomic E-state index is 0.0187. The number of benzene rings is 1. The van der Waals surface area contributed by atoms with E-state index < -0.39 is 6.36 Å². The number of ketones is 2. The number of amides is 1. The van der Waals surface area contributed by atoms with Crippen LogP contribution in [-0.4, -0.2) is 59.0 Å². The lowest BCUT2D eigenvalue weighted by Crippen LogP contribution is -2.45. The van der Waals surface area contributed by atoms with Gasteiger partial charge in [0.1, 0.15) is 11.5 Å². The second-order valence-corrected chi connectivity index (χ2v) is 11.0. The van der Waals surface area contributed by atoms with E-state index in [1.807, 2.05) is 16.4 Å². The van der Waals surface area contributed by atoms with Gasteiger partial charge in [-0.15, -0.1) is 13.2 Å². The molecule has 0 spiro atoms. The minimum Gasteiger partial charge on any atom is -0.406 e. The molecule has 1 N–H and O–H groups in total. The van der Waals surface area contributed by atoms with Crippen molar-refractivity contribution < 1.29 is 32.3 Å². The lowest BCUT2D eigenvalue weighted by atomic mass is 9.76. The molecule has 1 amide bonds. The van der Waals surface area contributed by atoms with Crippen molar-refractivity contribution in [3.05, 3.63) is 30.0 Å². The van der Waals surface area contributed by atoms with Gasteiger partial charge in [0, 0.05) is 54.1 Å². The maximum Gasteiger partial charge on any atom is 0.573 e. The fourth-order valence-corrected chi connectivity index (χ4v) is 6.21. The molecule has 1 aromatic carbocycles. The summed E-state index contributed by atoms with van der Waals surface area (Å²) in [6.07, 6.45) is 3.82. The SMILES string of the molecule is CNC(C)C(=O)CC(C(=O)N1CCCC1Cn1cc(C(C)=O)c2cc(OC(F)(F)F)ccc21)C1CCCCC1. The lowest BCUT2D eigenvalue weighted by molar-refractivity contribution is -0.274. The number of hydrogen-bond acceptors (Lipinski definition) is 5. The van der Waals surface area contributed by atoms with E-state index in [1.54, 1.807) is 13.2 Å². The van der Waals surface area contributed by atoms with Gasteiger partial charge in [-0.25, -0.2) is 0 Å². The van der Waals surface area contributed by atoms with Crippen LogP contribution < -0.4 is 10.1 Å². The summed E-state index contributed by atoms with van der Waals surface area (Å²) in [4.78, 5) is 41.2. The standard InChI is InChI=1S/C29H38F3N3O4/c1-18(33-3)27(37)15-23(20-8-5-4-6-9-20)28(38)35-13-7-10-21(35)16-34-17-25(19(2)36)24-14-22(11-12-26(24)34)39-29(30,31)32/h11-12,14,17-18,20-21,23,33H,4-10,13,15-16H2,1-3H3. The van der Waals surface area contributed by atoms with Crippen LogP contribution in [0.3, 0.4) is 0 Å². The van der Waals surface area contributed by atoms with E-state index in [9.17, 15) is 27.6 Å². The van der Waals surface area contributed by atoms with Crippen molar-refractivity contribution in [1.29, 1.82) is 0 Å². The molecule has 2 aliphatic rings. The van der Waals surface area contributed by atoms with Gasteiger partial charge in [-0.3, -0.25) is 14.4 Å². The number of carbonyl (C=O) groups is 3. The number of nitrogens with zero attached hydrogens (tertiary/aromatic N) is 2. The normalized spacial score (nSPS) is 20.3. The molecule has 10 heteroatoms. The van der Waals surface area contributed by atoms with E-state index in [2.05, 4.69) is 10.1 Å². The van der Waals surface area contributed by atoms with E-state index in [0.29, 0.717) is 29.6 Å². The van der Waals surface area contributed by atoms with Gasteiger partial charge in [-0.2, -0.15) is 0 Å². The summed E-state index contributed by atoms with van der Waals surface area (Å²) in [6, 6.07) is 3.54. The molecular weight excluding hydrogens is 511 g/mol. The number of nitrogens with one attached hydrogen (secondary N) is 1. The first-order chi connectivity index (χ1) is 18.5. The zero-order valence-corrected chi connectivity index (χ0v) is 22.9. The van der Waals surface area contributed by atoms with Crippen molar-refractivity contribution in [3.63, 3.8) is 0 Å². The third kappa shape index (κ3) is 6.83. The van der Waals surface area contributed by atoms with Crippen LogP contribution in [0, 0.1) is 11.8 Å².